The molecule has 0 N–H and O–H groups in total. The minimum atomic E-state index is -1.66. The molecule has 3 saturated carbocycles. The number of rotatable bonds is 9. The van der Waals surface area contributed by atoms with Gasteiger partial charge in [-0.1, -0.05) is 65.2 Å². The summed E-state index contributed by atoms with van der Waals surface area (Å²) in [4.78, 5) is 0. The van der Waals surface area contributed by atoms with Crippen molar-refractivity contribution in [1.82, 2.24) is 0 Å². The fourth-order valence-electron chi connectivity index (χ4n) is 6.44. The van der Waals surface area contributed by atoms with E-state index in [1.54, 1.807) is 0 Å². The van der Waals surface area contributed by atoms with Crippen molar-refractivity contribution in [1.29, 1.82) is 0 Å². The van der Waals surface area contributed by atoms with E-state index in [1.807, 2.05) is 0 Å². The Morgan fingerprint density at radius 3 is 2.07 bits per heavy atom. The van der Waals surface area contributed by atoms with Gasteiger partial charge in [-0.25, -0.2) is 13.2 Å². The summed E-state index contributed by atoms with van der Waals surface area (Å²) in [6, 6.07) is 0. The van der Waals surface area contributed by atoms with Crippen molar-refractivity contribution >= 4 is 0 Å². The minimum Gasteiger partial charge on any atom is -0.375 e. The molecular formula is C25H43F3O. The molecule has 0 aromatic rings. The van der Waals surface area contributed by atoms with E-state index in [4.69, 9.17) is 4.74 Å². The molecule has 3 aliphatic rings. The van der Waals surface area contributed by atoms with Crippen LogP contribution < -0.4 is 0 Å². The molecule has 1 nitrogen and oxygen atoms in total. The van der Waals surface area contributed by atoms with Gasteiger partial charge in [-0.3, -0.25) is 0 Å². The van der Waals surface area contributed by atoms with Crippen LogP contribution in [-0.2, 0) is 4.74 Å². The lowest BCUT2D eigenvalue weighted by atomic mass is 9.63. The fraction of sp³-hybridized carbons (Fsp3) is 1.00. The number of hydrogen-bond donors (Lipinski definition) is 0. The van der Waals surface area contributed by atoms with Gasteiger partial charge in [-0.15, -0.1) is 0 Å². The van der Waals surface area contributed by atoms with Gasteiger partial charge in [0.25, 0.3) is 0 Å². The van der Waals surface area contributed by atoms with E-state index >= 15 is 8.78 Å². The van der Waals surface area contributed by atoms with Gasteiger partial charge in [0.1, 0.15) is 18.5 Å². The number of fused-ring (bicyclic) bond motifs is 1. The Hall–Kier alpha value is -0.250. The average Bonchev–Trinajstić information content (AvgIpc) is 2.72. The van der Waals surface area contributed by atoms with Crippen LogP contribution in [0.5, 0.6) is 0 Å². The molecule has 0 spiro atoms. The summed E-state index contributed by atoms with van der Waals surface area (Å²) in [7, 11) is 0. The van der Waals surface area contributed by atoms with Crippen molar-refractivity contribution in [2.45, 2.75) is 122 Å². The van der Waals surface area contributed by atoms with Crippen LogP contribution in [0.3, 0.4) is 0 Å². The average molecular weight is 417 g/mol. The minimum absolute atomic E-state index is 0.0108. The van der Waals surface area contributed by atoms with E-state index in [2.05, 4.69) is 13.8 Å². The van der Waals surface area contributed by atoms with Crippen LogP contribution in [-0.4, -0.2) is 31.2 Å². The fourth-order valence-corrected chi connectivity index (χ4v) is 6.44. The zero-order valence-corrected chi connectivity index (χ0v) is 18.6. The maximum absolute atomic E-state index is 15.0. The first kappa shape index (κ1) is 23.4. The lowest BCUT2D eigenvalue weighted by Gasteiger charge is -2.47. The Bertz CT molecular complexity index is 463. The Morgan fingerprint density at radius 1 is 0.724 bits per heavy atom. The van der Waals surface area contributed by atoms with E-state index in [-0.39, 0.29) is 11.8 Å². The SMILES string of the molecule is CCCCOC1CCC2CC(CCC3CCC(CCC)CC3)C(F)C(F)C2C1F. The van der Waals surface area contributed by atoms with Crippen molar-refractivity contribution < 1.29 is 17.9 Å². The van der Waals surface area contributed by atoms with Crippen LogP contribution in [0.1, 0.15) is 97.3 Å². The highest BCUT2D eigenvalue weighted by Gasteiger charge is 2.52. The predicted octanol–water partition coefficient (Wildman–Crippen LogP) is 7.62. The van der Waals surface area contributed by atoms with Gasteiger partial charge < -0.3 is 4.74 Å². The third-order valence-corrected chi connectivity index (χ3v) is 8.26. The third-order valence-electron chi connectivity index (χ3n) is 8.26. The second-order valence-electron chi connectivity index (χ2n) is 10.3. The van der Waals surface area contributed by atoms with Gasteiger partial charge in [0.05, 0.1) is 6.10 Å². The lowest BCUT2D eigenvalue weighted by Crippen LogP contribution is -2.53. The Morgan fingerprint density at radius 2 is 1.41 bits per heavy atom. The molecule has 7 atom stereocenters. The van der Waals surface area contributed by atoms with Crippen LogP contribution in [0.15, 0.2) is 0 Å². The van der Waals surface area contributed by atoms with E-state index in [1.165, 1.54) is 38.5 Å². The number of ether oxygens (including phenoxy) is 1. The van der Waals surface area contributed by atoms with Crippen molar-refractivity contribution in [3.05, 3.63) is 0 Å². The molecule has 0 aliphatic heterocycles. The zero-order valence-electron chi connectivity index (χ0n) is 18.6. The first-order chi connectivity index (χ1) is 14.0. The Labute approximate surface area is 176 Å². The molecule has 0 aromatic heterocycles. The molecule has 3 rings (SSSR count). The lowest BCUT2D eigenvalue weighted by molar-refractivity contribution is -0.125. The quantitative estimate of drug-likeness (QED) is 0.351. The van der Waals surface area contributed by atoms with Gasteiger partial charge in [0.15, 0.2) is 0 Å². The second kappa shape index (κ2) is 11.4. The molecule has 170 valence electrons. The van der Waals surface area contributed by atoms with Crippen molar-refractivity contribution in [3.8, 4) is 0 Å². The zero-order chi connectivity index (χ0) is 20.8. The first-order valence-electron chi connectivity index (χ1n) is 12.6. The molecule has 0 heterocycles. The topological polar surface area (TPSA) is 9.23 Å². The maximum Gasteiger partial charge on any atom is 0.137 e. The molecule has 0 amide bonds. The highest BCUT2D eigenvalue weighted by Crippen LogP contribution is 2.49. The number of alkyl halides is 3. The molecule has 0 bridgehead atoms. The summed E-state index contributed by atoms with van der Waals surface area (Å²) in [5.74, 6) is 0.536. The smallest absolute Gasteiger partial charge is 0.137 e. The number of halogens is 3. The van der Waals surface area contributed by atoms with Crippen molar-refractivity contribution in [3.63, 3.8) is 0 Å². The highest BCUT2D eigenvalue weighted by atomic mass is 19.2. The molecule has 7 unspecified atom stereocenters. The summed E-state index contributed by atoms with van der Waals surface area (Å²) in [5, 5.41) is 0. The molecule has 3 aliphatic carbocycles. The Kier molecular flexibility index (Phi) is 9.20. The van der Waals surface area contributed by atoms with E-state index in [0.29, 0.717) is 25.4 Å². The van der Waals surface area contributed by atoms with Crippen molar-refractivity contribution in [2.75, 3.05) is 6.61 Å². The van der Waals surface area contributed by atoms with Crippen LogP contribution in [0.2, 0.25) is 0 Å². The summed E-state index contributed by atoms with van der Waals surface area (Å²) in [6.45, 7) is 4.85. The summed E-state index contributed by atoms with van der Waals surface area (Å²) >= 11 is 0. The first-order valence-corrected chi connectivity index (χ1v) is 12.6. The maximum atomic E-state index is 15.0. The molecule has 0 saturated heterocycles. The van der Waals surface area contributed by atoms with Crippen LogP contribution >= 0.6 is 0 Å². The molecular weight excluding hydrogens is 373 g/mol. The standard InChI is InChI=1S/C25H43F3O/c1-3-5-15-29-21-14-13-19-16-20(23(26)25(28)22(19)24(21)27)12-11-18-9-7-17(6-4-2)8-10-18/h17-25H,3-16H2,1-2H3. The largest absolute Gasteiger partial charge is 0.375 e. The normalized spacial score (nSPS) is 43.1. The van der Waals surface area contributed by atoms with Crippen molar-refractivity contribution in [2.24, 2.45) is 29.6 Å². The monoisotopic (exact) mass is 416 g/mol. The number of hydrogen-bond acceptors (Lipinski definition) is 1. The van der Waals surface area contributed by atoms with E-state index in [9.17, 15) is 4.39 Å². The summed E-state index contributed by atoms with van der Waals surface area (Å²) in [5.41, 5.74) is 0. The van der Waals surface area contributed by atoms with Gasteiger partial charge in [0.2, 0.25) is 0 Å². The second-order valence-corrected chi connectivity index (χ2v) is 10.3. The van der Waals surface area contributed by atoms with Crippen LogP contribution in [0.4, 0.5) is 13.2 Å². The van der Waals surface area contributed by atoms with Gasteiger partial charge in [0, 0.05) is 12.5 Å². The van der Waals surface area contributed by atoms with Gasteiger partial charge in [-0.05, 0) is 55.8 Å². The molecule has 0 radical (unpaired) electrons. The van der Waals surface area contributed by atoms with Gasteiger partial charge >= 0.3 is 0 Å². The van der Waals surface area contributed by atoms with E-state index < -0.39 is 30.5 Å². The highest BCUT2D eigenvalue weighted by molar-refractivity contribution is 5.00. The molecule has 3 fully saturated rings. The predicted molar refractivity (Wildman–Crippen MR) is 113 cm³/mol. The van der Waals surface area contributed by atoms with Gasteiger partial charge in [-0.2, -0.15) is 0 Å². The molecule has 29 heavy (non-hydrogen) atoms. The summed E-state index contributed by atoms with van der Waals surface area (Å²) in [6.07, 6.45) is 8.47. The molecule has 4 heteroatoms. The van der Waals surface area contributed by atoms with E-state index in [0.717, 1.165) is 38.0 Å². The Balaban J connectivity index is 1.47. The molecule has 0 aromatic carbocycles. The number of unbranched alkanes of at least 4 members (excludes halogenated alkanes) is 1. The summed E-state index contributed by atoms with van der Waals surface area (Å²) < 4.78 is 50.6. The van der Waals surface area contributed by atoms with Crippen LogP contribution in [0.25, 0.3) is 0 Å². The van der Waals surface area contributed by atoms with Crippen LogP contribution in [0, 0.1) is 29.6 Å². The third kappa shape index (κ3) is 5.92.